The summed E-state index contributed by atoms with van der Waals surface area (Å²) in [5.41, 5.74) is 3.44. The summed E-state index contributed by atoms with van der Waals surface area (Å²) in [6.07, 6.45) is 5.09. The number of rotatable bonds is 1. The van der Waals surface area contributed by atoms with Gasteiger partial charge in [-0.1, -0.05) is 6.07 Å². The van der Waals surface area contributed by atoms with E-state index < -0.39 is 0 Å². The number of halogens is 1. The van der Waals surface area contributed by atoms with Crippen LogP contribution in [0.15, 0.2) is 42.9 Å². The van der Waals surface area contributed by atoms with Crippen LogP contribution in [-0.4, -0.2) is 14.4 Å². The van der Waals surface area contributed by atoms with Crippen molar-refractivity contribution in [2.45, 2.75) is 6.92 Å². The zero-order valence-electron chi connectivity index (χ0n) is 9.26. The molecule has 0 bridgehead atoms. The molecule has 3 aromatic heterocycles. The fourth-order valence-electron chi connectivity index (χ4n) is 1.75. The van der Waals surface area contributed by atoms with Crippen LogP contribution >= 0.6 is 0 Å². The third-order valence-corrected chi connectivity index (χ3v) is 2.59. The molecule has 0 saturated carbocycles. The van der Waals surface area contributed by atoms with Gasteiger partial charge in [0.1, 0.15) is 17.2 Å². The van der Waals surface area contributed by atoms with E-state index in [-0.39, 0.29) is 5.82 Å². The maximum atomic E-state index is 12.8. The topological polar surface area (TPSA) is 30.2 Å². The van der Waals surface area contributed by atoms with Gasteiger partial charge in [-0.2, -0.15) is 0 Å². The molecule has 4 heteroatoms. The average Bonchev–Trinajstić information content (AvgIpc) is 2.72. The van der Waals surface area contributed by atoms with E-state index in [9.17, 15) is 4.39 Å². The number of fused-ring (bicyclic) bond motifs is 1. The average molecular weight is 227 g/mol. The normalized spacial score (nSPS) is 10.9. The van der Waals surface area contributed by atoms with E-state index >= 15 is 0 Å². The molecule has 0 aliphatic carbocycles. The van der Waals surface area contributed by atoms with E-state index in [4.69, 9.17) is 0 Å². The van der Waals surface area contributed by atoms with Crippen LogP contribution in [0.25, 0.3) is 17.0 Å². The fourth-order valence-corrected chi connectivity index (χ4v) is 1.75. The van der Waals surface area contributed by atoms with Crippen molar-refractivity contribution >= 4 is 5.65 Å². The highest BCUT2D eigenvalue weighted by atomic mass is 19.1. The third-order valence-electron chi connectivity index (χ3n) is 2.59. The van der Waals surface area contributed by atoms with Gasteiger partial charge in [-0.25, -0.2) is 9.37 Å². The van der Waals surface area contributed by atoms with Crippen LogP contribution in [0.3, 0.4) is 0 Å². The molecule has 84 valence electrons. The quantitative estimate of drug-likeness (QED) is 0.640. The summed E-state index contributed by atoms with van der Waals surface area (Å²) < 4.78 is 14.7. The predicted octanol–water partition coefficient (Wildman–Crippen LogP) is 2.84. The van der Waals surface area contributed by atoms with E-state index in [1.807, 2.05) is 35.9 Å². The lowest BCUT2D eigenvalue weighted by Gasteiger charge is -1.93. The highest BCUT2D eigenvalue weighted by Gasteiger charge is 2.05. The number of hydrogen-bond acceptors (Lipinski definition) is 2. The van der Waals surface area contributed by atoms with Crippen LogP contribution < -0.4 is 0 Å². The van der Waals surface area contributed by atoms with Crippen LogP contribution in [0.5, 0.6) is 0 Å². The second-order valence-corrected chi connectivity index (χ2v) is 3.96. The van der Waals surface area contributed by atoms with Crippen LogP contribution in [0.4, 0.5) is 4.39 Å². The van der Waals surface area contributed by atoms with Crippen molar-refractivity contribution in [1.82, 2.24) is 14.4 Å². The Kier molecular flexibility index (Phi) is 2.14. The van der Waals surface area contributed by atoms with E-state index in [1.165, 1.54) is 12.3 Å². The smallest absolute Gasteiger partial charge is 0.141 e. The van der Waals surface area contributed by atoms with Crippen LogP contribution in [0, 0.1) is 12.7 Å². The summed E-state index contributed by atoms with van der Waals surface area (Å²) in [7, 11) is 0. The molecule has 0 unspecified atom stereocenters. The van der Waals surface area contributed by atoms with Gasteiger partial charge >= 0.3 is 0 Å². The van der Waals surface area contributed by atoms with Crippen molar-refractivity contribution in [3.8, 4) is 11.4 Å². The van der Waals surface area contributed by atoms with Crippen molar-refractivity contribution in [3.05, 3.63) is 54.2 Å². The summed E-state index contributed by atoms with van der Waals surface area (Å²) in [6.45, 7) is 2.02. The molecular weight excluding hydrogens is 217 g/mol. The van der Waals surface area contributed by atoms with Gasteiger partial charge in [-0.3, -0.25) is 4.98 Å². The third kappa shape index (κ3) is 1.78. The minimum atomic E-state index is -0.339. The minimum absolute atomic E-state index is 0.339. The Morgan fingerprint density at radius 1 is 1.06 bits per heavy atom. The highest BCUT2D eigenvalue weighted by Crippen LogP contribution is 2.17. The molecule has 0 aromatic carbocycles. The van der Waals surface area contributed by atoms with Gasteiger partial charge in [0.25, 0.3) is 0 Å². The summed E-state index contributed by atoms with van der Waals surface area (Å²) in [6, 6.07) is 6.97. The number of pyridine rings is 2. The standard InChI is InChI=1S/C13H10FN3/c1-9-2-5-13-16-12(8-17(13)7-9)11-4-3-10(14)6-15-11/h2-8H,1H3. The van der Waals surface area contributed by atoms with Crippen LogP contribution in [0.1, 0.15) is 5.56 Å². The Morgan fingerprint density at radius 2 is 1.94 bits per heavy atom. The molecule has 0 amide bonds. The Hall–Kier alpha value is -2.23. The molecule has 0 aliphatic rings. The lowest BCUT2D eigenvalue weighted by atomic mass is 10.3. The number of hydrogen-bond donors (Lipinski definition) is 0. The van der Waals surface area contributed by atoms with Crippen molar-refractivity contribution in [2.24, 2.45) is 0 Å². The first-order chi connectivity index (χ1) is 8.22. The SMILES string of the molecule is Cc1ccc2nc(-c3ccc(F)cn3)cn2c1. The van der Waals surface area contributed by atoms with E-state index in [2.05, 4.69) is 9.97 Å². The van der Waals surface area contributed by atoms with Crippen molar-refractivity contribution in [2.75, 3.05) is 0 Å². The summed E-state index contributed by atoms with van der Waals surface area (Å²) >= 11 is 0. The molecule has 0 radical (unpaired) electrons. The predicted molar refractivity (Wildman–Crippen MR) is 63.1 cm³/mol. The van der Waals surface area contributed by atoms with E-state index in [0.717, 1.165) is 16.9 Å². The van der Waals surface area contributed by atoms with Gasteiger partial charge in [0.05, 0.1) is 11.9 Å². The first kappa shape index (κ1) is 9.96. The van der Waals surface area contributed by atoms with Gasteiger partial charge < -0.3 is 4.40 Å². The fraction of sp³-hybridized carbons (Fsp3) is 0.0769. The zero-order chi connectivity index (χ0) is 11.8. The zero-order valence-corrected chi connectivity index (χ0v) is 9.26. The maximum Gasteiger partial charge on any atom is 0.141 e. The van der Waals surface area contributed by atoms with Gasteiger partial charge in [0, 0.05) is 12.4 Å². The molecule has 3 aromatic rings. The van der Waals surface area contributed by atoms with Crippen molar-refractivity contribution in [1.29, 1.82) is 0 Å². The second-order valence-electron chi connectivity index (χ2n) is 3.96. The lowest BCUT2D eigenvalue weighted by Crippen LogP contribution is -1.83. The Morgan fingerprint density at radius 3 is 2.71 bits per heavy atom. The van der Waals surface area contributed by atoms with Crippen molar-refractivity contribution in [3.63, 3.8) is 0 Å². The molecule has 3 nitrogen and oxygen atoms in total. The molecule has 0 N–H and O–H groups in total. The summed E-state index contributed by atoms with van der Waals surface area (Å²) in [5.74, 6) is -0.339. The first-order valence-corrected chi connectivity index (χ1v) is 5.30. The molecule has 0 atom stereocenters. The number of aryl methyl sites for hydroxylation is 1. The van der Waals surface area contributed by atoms with Gasteiger partial charge in [-0.05, 0) is 30.7 Å². The van der Waals surface area contributed by atoms with E-state index in [0.29, 0.717) is 5.69 Å². The van der Waals surface area contributed by atoms with Gasteiger partial charge in [-0.15, -0.1) is 0 Å². The monoisotopic (exact) mass is 227 g/mol. The van der Waals surface area contributed by atoms with Crippen LogP contribution in [0.2, 0.25) is 0 Å². The Balaban J connectivity index is 2.14. The molecule has 0 spiro atoms. The van der Waals surface area contributed by atoms with Crippen molar-refractivity contribution < 1.29 is 4.39 Å². The maximum absolute atomic E-state index is 12.8. The molecule has 0 saturated heterocycles. The summed E-state index contributed by atoms with van der Waals surface area (Å²) in [5, 5.41) is 0. The highest BCUT2D eigenvalue weighted by molar-refractivity contribution is 5.58. The second kappa shape index (κ2) is 3.66. The minimum Gasteiger partial charge on any atom is -0.306 e. The van der Waals surface area contributed by atoms with Crippen LogP contribution in [-0.2, 0) is 0 Å². The Labute approximate surface area is 97.6 Å². The van der Waals surface area contributed by atoms with Gasteiger partial charge in [0.2, 0.25) is 0 Å². The molecule has 17 heavy (non-hydrogen) atoms. The largest absolute Gasteiger partial charge is 0.306 e. The first-order valence-electron chi connectivity index (χ1n) is 5.30. The van der Waals surface area contributed by atoms with Gasteiger partial charge in [0.15, 0.2) is 0 Å². The lowest BCUT2D eigenvalue weighted by molar-refractivity contribution is 0.622. The number of aromatic nitrogens is 3. The number of nitrogens with zero attached hydrogens (tertiary/aromatic N) is 3. The van der Waals surface area contributed by atoms with E-state index in [1.54, 1.807) is 6.07 Å². The molecular formula is C13H10FN3. The number of imidazole rings is 1. The molecule has 3 rings (SSSR count). The molecule has 0 fully saturated rings. The Bertz CT molecular complexity index is 671. The molecule has 3 heterocycles. The summed E-state index contributed by atoms with van der Waals surface area (Å²) in [4.78, 5) is 8.45. The molecule has 0 aliphatic heterocycles.